The van der Waals surface area contributed by atoms with Crippen LogP contribution in [0.25, 0.3) is 0 Å². The zero-order valence-corrected chi connectivity index (χ0v) is 29.2. The fraction of sp³-hybridized carbons (Fsp3) is 0.730. The SMILES string of the molecule is COC(=O)CC[C@@H](C)/C=C/C=C(\C)[C@H]1C(=O)C(=O)C[C@@H](O)CC[C@](C)(O)[C@@H](OC(=O)N2CCN(C3CCCCCC3)CC2)/C=C/[C@@H]1C. The second-order valence-electron chi connectivity index (χ2n) is 14.1. The maximum absolute atomic E-state index is 13.5. The minimum absolute atomic E-state index is 0.0647. The van der Waals surface area contributed by atoms with Gasteiger partial charge in [-0.05, 0) is 63.9 Å². The quantitative estimate of drug-likeness (QED) is 0.119. The van der Waals surface area contributed by atoms with E-state index in [1.807, 2.05) is 26.0 Å². The molecule has 0 spiro atoms. The second-order valence-corrected chi connectivity index (χ2v) is 14.1. The summed E-state index contributed by atoms with van der Waals surface area (Å²) in [6, 6.07) is 0.573. The van der Waals surface area contributed by atoms with Crippen molar-refractivity contribution in [3.05, 3.63) is 36.0 Å². The highest BCUT2D eigenvalue weighted by atomic mass is 16.6. The summed E-state index contributed by atoms with van der Waals surface area (Å²) in [6.07, 6.45) is 14.5. The van der Waals surface area contributed by atoms with E-state index < -0.39 is 47.3 Å². The number of rotatable bonds is 8. The Morgan fingerprint density at radius 3 is 2.36 bits per heavy atom. The summed E-state index contributed by atoms with van der Waals surface area (Å²) in [4.78, 5) is 55.5. The van der Waals surface area contributed by atoms with Crippen LogP contribution in [0.4, 0.5) is 4.79 Å². The number of carbonyl (C=O) groups excluding carboxylic acids is 4. The lowest BCUT2D eigenvalue weighted by atomic mass is 9.79. The Morgan fingerprint density at radius 1 is 1.06 bits per heavy atom. The predicted molar refractivity (Wildman–Crippen MR) is 181 cm³/mol. The Hall–Kier alpha value is -2.82. The van der Waals surface area contributed by atoms with E-state index >= 15 is 0 Å². The molecule has 264 valence electrons. The molecule has 10 nitrogen and oxygen atoms in total. The first-order valence-corrected chi connectivity index (χ1v) is 17.6. The third kappa shape index (κ3) is 12.0. The molecule has 2 fully saturated rings. The molecule has 47 heavy (non-hydrogen) atoms. The molecule has 1 aliphatic heterocycles. The zero-order chi connectivity index (χ0) is 34.6. The number of hydrogen-bond donors (Lipinski definition) is 2. The molecule has 2 N–H and O–H groups in total. The number of amides is 1. The van der Waals surface area contributed by atoms with Gasteiger partial charge in [0, 0.05) is 45.1 Å². The summed E-state index contributed by atoms with van der Waals surface area (Å²) in [5.74, 6) is -2.70. The van der Waals surface area contributed by atoms with Crippen molar-refractivity contribution in [2.45, 2.75) is 122 Å². The molecule has 10 heteroatoms. The monoisotopic (exact) mass is 658 g/mol. The molecule has 0 aromatic rings. The van der Waals surface area contributed by atoms with Gasteiger partial charge in [0.2, 0.25) is 11.6 Å². The van der Waals surface area contributed by atoms with Crippen molar-refractivity contribution in [1.82, 2.24) is 9.80 Å². The Bertz CT molecular complexity index is 1140. The smallest absolute Gasteiger partial charge is 0.410 e. The molecule has 0 unspecified atom stereocenters. The summed E-state index contributed by atoms with van der Waals surface area (Å²) < 4.78 is 10.7. The van der Waals surface area contributed by atoms with Gasteiger partial charge in [0.25, 0.3) is 0 Å². The summed E-state index contributed by atoms with van der Waals surface area (Å²) in [7, 11) is 1.36. The van der Waals surface area contributed by atoms with Crippen molar-refractivity contribution in [2.75, 3.05) is 33.3 Å². The molecule has 3 rings (SSSR count). The van der Waals surface area contributed by atoms with Crippen molar-refractivity contribution < 1.29 is 38.9 Å². The number of aliphatic hydroxyl groups is 2. The molecular formula is C37H58N2O8. The number of aliphatic hydroxyl groups excluding tert-OH is 1. The lowest BCUT2D eigenvalue weighted by molar-refractivity contribution is -0.140. The molecule has 1 heterocycles. The number of ketones is 2. The largest absolute Gasteiger partial charge is 0.469 e. The lowest BCUT2D eigenvalue weighted by Gasteiger charge is -2.40. The maximum atomic E-state index is 13.5. The molecular weight excluding hydrogens is 600 g/mol. The van der Waals surface area contributed by atoms with Crippen LogP contribution in [0.5, 0.6) is 0 Å². The highest BCUT2D eigenvalue weighted by Gasteiger charge is 2.38. The number of nitrogens with zero attached hydrogens (tertiary/aromatic N) is 2. The molecule has 0 aromatic carbocycles. The van der Waals surface area contributed by atoms with Crippen molar-refractivity contribution in [3.63, 3.8) is 0 Å². The van der Waals surface area contributed by atoms with Gasteiger partial charge in [-0.15, -0.1) is 0 Å². The molecule has 3 aliphatic rings. The topological polar surface area (TPSA) is 134 Å². The first-order chi connectivity index (χ1) is 22.3. The van der Waals surface area contributed by atoms with E-state index in [0.29, 0.717) is 37.5 Å². The molecule has 2 aliphatic carbocycles. The minimum atomic E-state index is -1.51. The third-order valence-corrected chi connectivity index (χ3v) is 10.2. The molecule has 1 amide bonds. The van der Waals surface area contributed by atoms with Gasteiger partial charge in [-0.25, -0.2) is 4.79 Å². The van der Waals surface area contributed by atoms with E-state index in [1.54, 1.807) is 37.0 Å². The predicted octanol–water partition coefficient (Wildman–Crippen LogP) is 5.17. The van der Waals surface area contributed by atoms with Crippen LogP contribution in [-0.2, 0) is 23.9 Å². The Morgan fingerprint density at radius 2 is 1.72 bits per heavy atom. The number of Topliss-reactive ketones (excluding diaryl/α,β-unsaturated/α-hetero) is 2. The highest BCUT2D eigenvalue weighted by molar-refractivity contribution is 6.38. The van der Waals surface area contributed by atoms with Crippen LogP contribution in [0.15, 0.2) is 36.0 Å². The molecule has 0 bridgehead atoms. The Labute approximate surface area is 281 Å². The zero-order valence-electron chi connectivity index (χ0n) is 29.2. The average Bonchev–Trinajstić information content (AvgIpc) is 3.34. The van der Waals surface area contributed by atoms with E-state index in [4.69, 9.17) is 9.47 Å². The third-order valence-electron chi connectivity index (χ3n) is 10.2. The molecule has 0 aromatic heterocycles. The van der Waals surface area contributed by atoms with Gasteiger partial charge in [0.15, 0.2) is 6.10 Å². The van der Waals surface area contributed by atoms with Crippen LogP contribution < -0.4 is 0 Å². The van der Waals surface area contributed by atoms with Gasteiger partial charge in [-0.2, -0.15) is 0 Å². The van der Waals surface area contributed by atoms with E-state index in [1.165, 1.54) is 45.6 Å². The molecule has 0 radical (unpaired) electrons. The normalized spacial score (nSPS) is 31.0. The van der Waals surface area contributed by atoms with Crippen molar-refractivity contribution in [3.8, 4) is 0 Å². The van der Waals surface area contributed by atoms with Gasteiger partial charge in [-0.3, -0.25) is 19.3 Å². The average molecular weight is 659 g/mol. The second kappa shape index (κ2) is 18.7. The van der Waals surface area contributed by atoms with Crippen LogP contribution in [0.2, 0.25) is 0 Å². The van der Waals surface area contributed by atoms with Gasteiger partial charge >= 0.3 is 12.1 Å². The summed E-state index contributed by atoms with van der Waals surface area (Å²) in [6.45, 7) is 9.85. The summed E-state index contributed by atoms with van der Waals surface area (Å²) in [5.41, 5.74) is -0.847. The van der Waals surface area contributed by atoms with Gasteiger partial charge in [0.05, 0.1) is 19.1 Å². The number of hydrogen-bond acceptors (Lipinski definition) is 9. The molecule has 1 saturated carbocycles. The minimum Gasteiger partial charge on any atom is -0.469 e. The molecule has 1 saturated heterocycles. The van der Waals surface area contributed by atoms with Crippen LogP contribution >= 0.6 is 0 Å². The Balaban J connectivity index is 1.75. The van der Waals surface area contributed by atoms with E-state index in [-0.39, 0.29) is 31.1 Å². The van der Waals surface area contributed by atoms with Crippen molar-refractivity contribution >= 4 is 23.6 Å². The van der Waals surface area contributed by atoms with Crippen LogP contribution in [0, 0.1) is 17.8 Å². The lowest BCUT2D eigenvalue weighted by Crippen LogP contribution is -2.53. The van der Waals surface area contributed by atoms with Crippen LogP contribution in [-0.4, -0.2) is 101 Å². The summed E-state index contributed by atoms with van der Waals surface area (Å²) in [5, 5.41) is 22.2. The number of allylic oxidation sites excluding steroid dienone is 5. The highest BCUT2D eigenvalue weighted by Crippen LogP contribution is 2.30. The van der Waals surface area contributed by atoms with E-state index in [9.17, 15) is 29.4 Å². The number of methoxy groups -OCH3 is 1. The van der Waals surface area contributed by atoms with Gasteiger partial charge in [-0.1, -0.05) is 69.4 Å². The first-order valence-electron chi connectivity index (χ1n) is 17.6. The van der Waals surface area contributed by atoms with E-state index in [2.05, 4.69) is 4.90 Å². The van der Waals surface area contributed by atoms with Crippen LogP contribution in [0.3, 0.4) is 0 Å². The van der Waals surface area contributed by atoms with Gasteiger partial charge < -0.3 is 24.6 Å². The van der Waals surface area contributed by atoms with Gasteiger partial charge in [0.1, 0.15) is 5.60 Å². The molecule has 6 atom stereocenters. The maximum Gasteiger partial charge on any atom is 0.410 e. The fourth-order valence-corrected chi connectivity index (χ4v) is 6.93. The number of piperazine rings is 1. The summed E-state index contributed by atoms with van der Waals surface area (Å²) >= 11 is 0. The van der Waals surface area contributed by atoms with Crippen LogP contribution in [0.1, 0.15) is 98.3 Å². The van der Waals surface area contributed by atoms with Crippen molar-refractivity contribution in [2.24, 2.45) is 17.8 Å². The number of carbonyl (C=O) groups is 4. The number of ether oxygens (including phenoxy) is 2. The van der Waals surface area contributed by atoms with Crippen molar-refractivity contribution in [1.29, 1.82) is 0 Å². The fourth-order valence-electron chi connectivity index (χ4n) is 6.93. The Kier molecular flexibility index (Phi) is 15.3. The first kappa shape index (κ1) is 38.6. The standard InChI is InChI=1S/C37H58N2O8/c1-26(15-18-33(42)46-5)11-10-12-27(2)34-28(3)16-17-32(37(4,45)20-19-30(40)25-31(41)35(34)43)47-36(44)39-23-21-38(22-24-39)29-13-8-6-7-9-14-29/h10-12,16-17,26,28-30,32,34,40,45H,6-9,13-15,18-25H2,1-5H3/b11-10+,17-16+,27-12+/t26-,28-,30-,32-,34+,37-/m0/s1. The number of esters is 1. The van der Waals surface area contributed by atoms with E-state index in [0.717, 1.165) is 13.1 Å².